The highest BCUT2D eigenvalue weighted by Crippen LogP contribution is 2.20. The van der Waals surface area contributed by atoms with Crippen LogP contribution in [-0.2, 0) is 0 Å². The molecule has 0 unspecified atom stereocenters. The van der Waals surface area contributed by atoms with Crippen molar-refractivity contribution in [3.05, 3.63) is 68.7 Å². The summed E-state index contributed by atoms with van der Waals surface area (Å²) in [5, 5.41) is -0.809. The minimum atomic E-state index is -0.630. The van der Waals surface area contributed by atoms with E-state index in [0.29, 0.717) is 11.1 Å². The molecule has 24 heavy (non-hydrogen) atoms. The monoisotopic (exact) mass is 394 g/mol. The van der Waals surface area contributed by atoms with Crippen LogP contribution in [0.3, 0.4) is 0 Å². The number of hydrogen-bond acceptors (Lipinski definition) is 2. The average Bonchev–Trinajstić information content (AvgIpc) is 2.51. The van der Waals surface area contributed by atoms with Gasteiger partial charge in [-0.1, -0.05) is 35.0 Å². The number of benzene rings is 2. The third kappa shape index (κ3) is 4.78. The molecule has 0 radical (unpaired) electrons. The fraction of sp³-hybridized carbons (Fsp3) is 0. The lowest BCUT2D eigenvalue weighted by molar-refractivity contribution is 0.107. The lowest BCUT2D eigenvalue weighted by Gasteiger charge is -1.98. The topological polar surface area (TPSA) is 34.1 Å². The third-order valence-corrected chi connectivity index (χ3v) is 3.87. The lowest BCUT2D eigenvalue weighted by atomic mass is 10.1. The molecule has 0 aromatic heterocycles. The number of carbonyl (C=O) groups excluding carboxylic acids is 2. The highest BCUT2D eigenvalue weighted by Gasteiger charge is 2.07. The summed E-state index contributed by atoms with van der Waals surface area (Å²) in [7, 11) is 0. The number of carbonyl (C=O) groups is 2. The molecule has 0 N–H and O–H groups in total. The maximum atomic E-state index is 11.1. The van der Waals surface area contributed by atoms with Crippen LogP contribution in [0.5, 0.6) is 0 Å². The van der Waals surface area contributed by atoms with E-state index < -0.39 is 10.5 Å². The van der Waals surface area contributed by atoms with E-state index in [9.17, 15) is 9.59 Å². The average molecular weight is 396 g/mol. The third-order valence-electron chi connectivity index (χ3n) is 2.84. The van der Waals surface area contributed by atoms with Gasteiger partial charge in [0.05, 0.1) is 21.2 Å². The molecule has 2 aromatic rings. The van der Waals surface area contributed by atoms with Crippen molar-refractivity contribution in [2.45, 2.75) is 0 Å². The summed E-state index contributed by atoms with van der Waals surface area (Å²) < 4.78 is 0. The van der Waals surface area contributed by atoms with Crippen LogP contribution in [-0.4, -0.2) is 10.5 Å². The molecule has 0 saturated heterocycles. The van der Waals surface area contributed by atoms with Gasteiger partial charge in [-0.2, -0.15) is 0 Å². The summed E-state index contributed by atoms with van der Waals surface area (Å²) in [6, 6.07) is 9.29. The summed E-state index contributed by atoms with van der Waals surface area (Å²) in [6.07, 6.45) is 0. The SMILES string of the molecule is O=C(Cl)c1ccc(C#CC#Cc2ccc(C(=O)Cl)c(Cl)c2)cc1Cl. The first-order chi connectivity index (χ1) is 11.4. The highest BCUT2D eigenvalue weighted by molar-refractivity contribution is 6.69. The summed E-state index contributed by atoms with van der Waals surface area (Å²) in [4.78, 5) is 22.1. The Kier molecular flexibility index (Phi) is 6.32. The second kappa shape index (κ2) is 8.25. The first-order valence-corrected chi connectivity index (χ1v) is 7.90. The molecular weight excluding hydrogens is 390 g/mol. The van der Waals surface area contributed by atoms with Crippen molar-refractivity contribution in [2.24, 2.45) is 0 Å². The number of halogens is 4. The normalized spacial score (nSPS) is 9.33. The molecule has 0 aliphatic rings. The van der Waals surface area contributed by atoms with Gasteiger partial charge in [0.15, 0.2) is 0 Å². The Morgan fingerprint density at radius 1 is 0.708 bits per heavy atom. The van der Waals surface area contributed by atoms with Gasteiger partial charge in [-0.3, -0.25) is 9.59 Å². The van der Waals surface area contributed by atoms with E-state index in [1.807, 2.05) is 0 Å². The predicted molar refractivity (Wildman–Crippen MR) is 97.0 cm³/mol. The molecule has 2 aromatic carbocycles. The fourth-order valence-corrected chi connectivity index (χ4v) is 2.67. The molecule has 0 fully saturated rings. The van der Waals surface area contributed by atoms with E-state index in [2.05, 4.69) is 23.7 Å². The van der Waals surface area contributed by atoms with Gasteiger partial charge in [0, 0.05) is 11.1 Å². The van der Waals surface area contributed by atoms with Crippen molar-refractivity contribution in [2.75, 3.05) is 0 Å². The Morgan fingerprint density at radius 2 is 1.08 bits per heavy atom. The molecule has 0 heterocycles. The van der Waals surface area contributed by atoms with Crippen molar-refractivity contribution in [3.63, 3.8) is 0 Å². The lowest BCUT2D eigenvalue weighted by Crippen LogP contribution is -1.90. The number of rotatable bonds is 2. The van der Waals surface area contributed by atoms with Gasteiger partial charge in [-0.15, -0.1) is 0 Å². The maximum absolute atomic E-state index is 11.1. The van der Waals surface area contributed by atoms with E-state index in [4.69, 9.17) is 46.4 Å². The van der Waals surface area contributed by atoms with Crippen molar-refractivity contribution >= 4 is 56.9 Å². The first-order valence-electron chi connectivity index (χ1n) is 6.39. The van der Waals surface area contributed by atoms with Gasteiger partial charge in [0.2, 0.25) is 0 Å². The molecule has 0 aliphatic carbocycles. The zero-order valence-corrected chi connectivity index (χ0v) is 14.8. The zero-order valence-electron chi connectivity index (χ0n) is 11.8. The molecule has 6 heteroatoms. The Labute approximate surface area is 158 Å². The molecule has 2 nitrogen and oxygen atoms in total. The van der Waals surface area contributed by atoms with Crippen LogP contribution in [0.2, 0.25) is 10.0 Å². The Bertz CT molecular complexity index is 877. The second-order valence-corrected chi connectivity index (χ2v) is 5.94. The van der Waals surface area contributed by atoms with Crippen LogP contribution in [0.1, 0.15) is 31.8 Å². The van der Waals surface area contributed by atoms with Crippen molar-refractivity contribution < 1.29 is 9.59 Å². The van der Waals surface area contributed by atoms with Crippen molar-refractivity contribution in [1.82, 2.24) is 0 Å². The summed E-state index contributed by atoms with van der Waals surface area (Å²) in [5.74, 6) is 10.9. The summed E-state index contributed by atoms with van der Waals surface area (Å²) in [6.45, 7) is 0. The van der Waals surface area contributed by atoms with E-state index in [0.717, 1.165) is 0 Å². The number of hydrogen-bond donors (Lipinski definition) is 0. The summed E-state index contributed by atoms with van der Waals surface area (Å²) >= 11 is 22.6. The second-order valence-electron chi connectivity index (χ2n) is 4.44. The van der Waals surface area contributed by atoms with E-state index in [-0.39, 0.29) is 21.2 Å². The van der Waals surface area contributed by atoms with Gasteiger partial charge in [-0.05, 0) is 71.4 Å². The quantitative estimate of drug-likeness (QED) is 0.520. The Balaban J connectivity index is 2.19. The van der Waals surface area contributed by atoms with E-state index in [1.54, 1.807) is 12.1 Å². The maximum Gasteiger partial charge on any atom is 0.253 e. The van der Waals surface area contributed by atoms with Gasteiger partial charge in [0.1, 0.15) is 0 Å². The molecule has 0 atom stereocenters. The van der Waals surface area contributed by atoms with Gasteiger partial charge in [-0.25, -0.2) is 0 Å². The molecule has 0 saturated carbocycles. The molecule has 118 valence electrons. The Hall–Kier alpha value is -1.94. The van der Waals surface area contributed by atoms with Gasteiger partial charge >= 0.3 is 0 Å². The van der Waals surface area contributed by atoms with Gasteiger partial charge in [0.25, 0.3) is 10.5 Å². The largest absolute Gasteiger partial charge is 0.276 e. The molecule has 0 bridgehead atoms. The molecule has 2 rings (SSSR count). The van der Waals surface area contributed by atoms with Crippen molar-refractivity contribution in [3.8, 4) is 23.7 Å². The molecule has 0 aliphatic heterocycles. The smallest absolute Gasteiger partial charge is 0.253 e. The van der Waals surface area contributed by atoms with E-state index >= 15 is 0 Å². The van der Waals surface area contributed by atoms with Crippen LogP contribution in [0.15, 0.2) is 36.4 Å². The standard InChI is InChI=1S/C18H6Cl4O2/c19-15-9-11(5-7-13(15)17(21)23)3-1-2-4-12-6-8-14(18(22)24)16(20)10-12/h5-10H. The zero-order chi connectivity index (χ0) is 17.7. The fourth-order valence-electron chi connectivity index (χ4n) is 1.71. The molecule has 0 spiro atoms. The molecular formula is C18H6Cl4O2. The van der Waals surface area contributed by atoms with Gasteiger partial charge < -0.3 is 0 Å². The first kappa shape index (κ1) is 18.4. The van der Waals surface area contributed by atoms with Crippen LogP contribution in [0, 0.1) is 23.7 Å². The minimum Gasteiger partial charge on any atom is -0.276 e. The Morgan fingerprint density at radius 3 is 1.38 bits per heavy atom. The summed E-state index contributed by atoms with van der Waals surface area (Å²) in [5.41, 5.74) is 1.63. The highest BCUT2D eigenvalue weighted by atomic mass is 35.5. The van der Waals surface area contributed by atoms with Crippen LogP contribution < -0.4 is 0 Å². The molecule has 0 amide bonds. The van der Waals surface area contributed by atoms with E-state index in [1.165, 1.54) is 24.3 Å². The van der Waals surface area contributed by atoms with Crippen LogP contribution in [0.4, 0.5) is 0 Å². The van der Waals surface area contributed by atoms with Crippen LogP contribution in [0.25, 0.3) is 0 Å². The predicted octanol–water partition coefficient (Wildman–Crippen LogP) is 5.15. The van der Waals surface area contributed by atoms with Crippen LogP contribution >= 0.6 is 46.4 Å². The minimum absolute atomic E-state index is 0.221. The van der Waals surface area contributed by atoms with Crippen molar-refractivity contribution in [1.29, 1.82) is 0 Å².